The molecule has 0 aromatic rings. The van der Waals surface area contributed by atoms with Crippen molar-refractivity contribution in [3.05, 3.63) is 36.6 Å². The first-order chi connectivity index (χ1) is 12.7. The van der Waals surface area contributed by atoms with Crippen LogP contribution in [0, 0.1) is 23.7 Å². The van der Waals surface area contributed by atoms with Crippen molar-refractivity contribution in [1.29, 1.82) is 0 Å². The van der Waals surface area contributed by atoms with E-state index >= 15 is 0 Å². The van der Waals surface area contributed by atoms with Gasteiger partial charge in [0.25, 0.3) is 0 Å². The Morgan fingerprint density at radius 1 is 1.30 bits per heavy atom. The van der Waals surface area contributed by atoms with E-state index in [-0.39, 0.29) is 23.3 Å². The maximum atomic E-state index is 12.7. The Hall–Kier alpha value is -1.63. The van der Waals surface area contributed by atoms with Crippen molar-refractivity contribution in [1.82, 2.24) is 0 Å². The maximum absolute atomic E-state index is 12.7. The van der Waals surface area contributed by atoms with E-state index in [1.54, 1.807) is 6.08 Å². The molecule has 0 aromatic carbocycles. The molecule has 3 heterocycles. The normalized spacial score (nSPS) is 39.1. The third-order valence-electron chi connectivity index (χ3n) is 6.46. The number of rotatable bonds is 7. The molecule has 27 heavy (non-hydrogen) atoms. The largest absolute Gasteiger partial charge is 0.487 e. The number of ether oxygens (including phenoxy) is 2. The lowest BCUT2D eigenvalue weighted by Crippen LogP contribution is -2.63. The molecule has 6 heteroatoms. The van der Waals surface area contributed by atoms with E-state index in [1.807, 2.05) is 20.8 Å². The Kier molecular flexibility index (Phi) is 5.27. The van der Waals surface area contributed by atoms with Gasteiger partial charge in [0.05, 0.1) is 18.1 Å². The molecule has 1 spiro atoms. The van der Waals surface area contributed by atoms with Crippen LogP contribution >= 0.6 is 0 Å². The molecule has 2 bridgehead atoms. The number of hydrogen-bond acceptors (Lipinski definition) is 6. The van der Waals surface area contributed by atoms with E-state index in [4.69, 9.17) is 9.47 Å². The average molecular weight is 378 g/mol. The molecule has 9 atom stereocenters. The highest BCUT2D eigenvalue weighted by Crippen LogP contribution is 2.56. The Morgan fingerprint density at radius 2 is 1.96 bits per heavy atom. The topological polar surface area (TPSA) is 96.2 Å². The predicted molar refractivity (Wildman–Crippen MR) is 99.4 cm³/mol. The highest BCUT2D eigenvalue weighted by Gasteiger charge is 2.66. The van der Waals surface area contributed by atoms with Crippen LogP contribution in [0.25, 0.3) is 0 Å². The molecule has 1 saturated carbocycles. The summed E-state index contributed by atoms with van der Waals surface area (Å²) in [6.07, 6.45) is 1.08. The van der Waals surface area contributed by atoms with Crippen LogP contribution in [0.3, 0.4) is 0 Å². The van der Waals surface area contributed by atoms with Gasteiger partial charge in [-0.25, -0.2) is 4.79 Å². The van der Waals surface area contributed by atoms with Crippen LogP contribution in [0.1, 0.15) is 33.6 Å². The molecule has 4 aliphatic rings. The maximum Gasteiger partial charge on any atom is 0.341 e. The fourth-order valence-electron chi connectivity index (χ4n) is 4.93. The van der Waals surface area contributed by atoms with E-state index in [0.29, 0.717) is 18.6 Å². The molecular weight excluding hydrogens is 348 g/mol. The van der Waals surface area contributed by atoms with Crippen molar-refractivity contribution >= 4 is 5.97 Å². The van der Waals surface area contributed by atoms with Crippen molar-refractivity contribution in [3.8, 4) is 0 Å². The van der Waals surface area contributed by atoms with E-state index in [2.05, 4.69) is 13.2 Å². The molecule has 0 aromatic heterocycles. The zero-order chi connectivity index (χ0) is 20.1. The molecule has 3 N–H and O–H groups in total. The molecular formula is C21H30O6. The lowest BCUT2D eigenvalue weighted by atomic mass is 9.64. The second-order valence-corrected chi connectivity index (χ2v) is 8.40. The summed E-state index contributed by atoms with van der Waals surface area (Å²) in [4.78, 5) is 12.7. The predicted octanol–water partition coefficient (Wildman–Crippen LogP) is 1.71. The summed E-state index contributed by atoms with van der Waals surface area (Å²) in [5.74, 6) is -1.11. The van der Waals surface area contributed by atoms with Crippen LogP contribution < -0.4 is 0 Å². The van der Waals surface area contributed by atoms with Crippen molar-refractivity contribution in [3.63, 3.8) is 0 Å². The van der Waals surface area contributed by atoms with Crippen LogP contribution in [0.2, 0.25) is 0 Å². The van der Waals surface area contributed by atoms with Gasteiger partial charge in [-0.05, 0) is 24.2 Å². The Bertz CT molecular complexity index is 670. The van der Waals surface area contributed by atoms with Gasteiger partial charge in [-0.3, -0.25) is 0 Å². The molecule has 3 aliphatic heterocycles. The highest BCUT2D eigenvalue weighted by molar-refractivity contribution is 5.94. The van der Waals surface area contributed by atoms with E-state index < -0.39 is 41.9 Å². The SMILES string of the molecule is C=CC(O)[C@@H](C)C[C@@H](C)C(O)C1=C2OC3[C@@H](O)C(C=C)[C@@]2(C[C@H]3C)OC1=O. The van der Waals surface area contributed by atoms with Crippen molar-refractivity contribution in [2.45, 2.75) is 63.6 Å². The van der Waals surface area contributed by atoms with Gasteiger partial charge in [-0.15, -0.1) is 13.2 Å². The minimum atomic E-state index is -1.09. The molecule has 0 amide bonds. The third kappa shape index (κ3) is 2.94. The van der Waals surface area contributed by atoms with Gasteiger partial charge < -0.3 is 24.8 Å². The van der Waals surface area contributed by atoms with Crippen molar-refractivity contribution in [2.24, 2.45) is 23.7 Å². The van der Waals surface area contributed by atoms with Gasteiger partial charge in [-0.2, -0.15) is 0 Å². The Morgan fingerprint density at radius 3 is 2.56 bits per heavy atom. The van der Waals surface area contributed by atoms with Crippen LogP contribution in [-0.4, -0.2) is 51.3 Å². The Labute approximate surface area is 160 Å². The number of aliphatic hydroxyl groups is 3. The summed E-state index contributed by atoms with van der Waals surface area (Å²) >= 11 is 0. The summed E-state index contributed by atoms with van der Waals surface area (Å²) in [5, 5.41) is 31.4. The molecule has 4 rings (SSSR count). The summed E-state index contributed by atoms with van der Waals surface area (Å²) in [6.45, 7) is 13.0. The summed E-state index contributed by atoms with van der Waals surface area (Å²) < 4.78 is 11.7. The quantitative estimate of drug-likeness (QED) is 0.461. The molecule has 4 unspecified atom stereocenters. The second-order valence-electron chi connectivity index (χ2n) is 8.40. The average Bonchev–Trinajstić information content (AvgIpc) is 2.90. The van der Waals surface area contributed by atoms with Crippen molar-refractivity contribution in [2.75, 3.05) is 0 Å². The number of esters is 1. The third-order valence-corrected chi connectivity index (χ3v) is 6.46. The molecule has 2 saturated heterocycles. The van der Waals surface area contributed by atoms with E-state index in [1.165, 1.54) is 6.08 Å². The Balaban J connectivity index is 1.93. The smallest absolute Gasteiger partial charge is 0.341 e. The number of fused-ring (bicyclic) bond motifs is 2. The molecule has 150 valence electrons. The molecule has 6 nitrogen and oxygen atoms in total. The van der Waals surface area contributed by atoms with Gasteiger partial charge in [-0.1, -0.05) is 32.9 Å². The first-order valence-corrected chi connectivity index (χ1v) is 9.61. The van der Waals surface area contributed by atoms with Gasteiger partial charge in [0.15, 0.2) is 11.4 Å². The van der Waals surface area contributed by atoms with Crippen LogP contribution in [0.15, 0.2) is 36.6 Å². The minimum Gasteiger partial charge on any atom is -0.487 e. The van der Waals surface area contributed by atoms with E-state index in [0.717, 1.165) is 0 Å². The minimum absolute atomic E-state index is 0.0180. The lowest BCUT2D eigenvalue weighted by Gasteiger charge is -2.54. The van der Waals surface area contributed by atoms with Crippen molar-refractivity contribution < 1.29 is 29.6 Å². The van der Waals surface area contributed by atoms with Gasteiger partial charge in [0.1, 0.15) is 17.8 Å². The zero-order valence-corrected chi connectivity index (χ0v) is 16.2. The highest BCUT2D eigenvalue weighted by atomic mass is 16.6. The second kappa shape index (κ2) is 7.08. The van der Waals surface area contributed by atoms with E-state index in [9.17, 15) is 20.1 Å². The van der Waals surface area contributed by atoms with Crippen LogP contribution in [0.4, 0.5) is 0 Å². The fourth-order valence-corrected chi connectivity index (χ4v) is 4.93. The molecule has 3 fully saturated rings. The number of carbonyl (C=O) groups is 1. The molecule has 1 aliphatic carbocycles. The zero-order valence-electron chi connectivity index (χ0n) is 16.2. The number of aliphatic hydroxyl groups excluding tert-OH is 3. The first kappa shape index (κ1) is 20.1. The van der Waals surface area contributed by atoms with Gasteiger partial charge in [0.2, 0.25) is 0 Å². The van der Waals surface area contributed by atoms with Crippen LogP contribution in [-0.2, 0) is 14.3 Å². The van der Waals surface area contributed by atoms with Gasteiger partial charge in [0, 0.05) is 6.42 Å². The van der Waals surface area contributed by atoms with Gasteiger partial charge >= 0.3 is 5.97 Å². The summed E-state index contributed by atoms with van der Waals surface area (Å²) in [5.41, 5.74) is -0.951. The lowest BCUT2D eigenvalue weighted by molar-refractivity contribution is -0.220. The fraction of sp³-hybridized carbons (Fsp3) is 0.667. The number of carbonyl (C=O) groups excluding carboxylic acids is 1. The number of hydrogen-bond donors (Lipinski definition) is 3. The standard InChI is InChI=1S/C21H30O6/c1-6-13-17(24)18-12(5)9-21(13)19(26-18)15(20(25)27-21)16(23)11(4)8-10(3)14(22)7-2/h6-7,10-14,16-18,22-24H,1-2,8-9H2,3-5H3/t10-,11+,12+,13?,14?,16?,17-,18?,21+/m0/s1. The monoisotopic (exact) mass is 378 g/mol. The molecule has 0 radical (unpaired) electrons. The summed E-state index contributed by atoms with van der Waals surface area (Å²) in [7, 11) is 0. The van der Waals surface area contributed by atoms with Crippen LogP contribution in [0.5, 0.6) is 0 Å². The first-order valence-electron chi connectivity index (χ1n) is 9.61. The summed E-state index contributed by atoms with van der Waals surface area (Å²) in [6, 6.07) is 0.